The van der Waals surface area contributed by atoms with E-state index < -0.39 is 25.6 Å². The molecule has 0 aromatic heterocycles. The molecule has 12 heteroatoms. The van der Waals surface area contributed by atoms with Crippen LogP contribution in [0, 0.1) is 5.82 Å². The number of rotatable bonds is 8. The third-order valence-corrected chi connectivity index (χ3v) is 9.27. The van der Waals surface area contributed by atoms with Crippen LogP contribution in [0.5, 0.6) is 11.5 Å². The molecule has 1 aliphatic carbocycles. The summed E-state index contributed by atoms with van der Waals surface area (Å²) < 4.78 is 47.9. The molecule has 1 saturated heterocycles. The molecule has 2 fully saturated rings. The Kier molecular flexibility index (Phi) is 7.13. The molecule has 2 N–H and O–H groups in total. The van der Waals surface area contributed by atoms with Gasteiger partial charge in [0.1, 0.15) is 17.5 Å². The Morgan fingerprint density at radius 3 is 2.42 bits per heavy atom. The van der Waals surface area contributed by atoms with Gasteiger partial charge in [-0.2, -0.15) is 4.67 Å². The Hall–Kier alpha value is -3.11. The van der Waals surface area contributed by atoms with Crippen LogP contribution in [0.2, 0.25) is 0 Å². The average molecular weight is 548 g/mol. The normalized spacial score (nSPS) is 23.3. The van der Waals surface area contributed by atoms with Gasteiger partial charge < -0.3 is 29.3 Å². The highest BCUT2D eigenvalue weighted by molar-refractivity contribution is 7.51. The first-order chi connectivity index (χ1) is 18.2. The van der Waals surface area contributed by atoms with E-state index in [2.05, 4.69) is 0 Å². The molecule has 3 unspecified atom stereocenters. The molecule has 3 atom stereocenters. The molecule has 0 bridgehead atoms. The number of halogens is 1. The van der Waals surface area contributed by atoms with E-state index in [1.807, 2.05) is 17.9 Å². The summed E-state index contributed by atoms with van der Waals surface area (Å²) in [6, 6.07) is 9.67. The maximum atomic E-state index is 15.7. The first-order valence-electron chi connectivity index (χ1n) is 12.4. The Balaban J connectivity index is 1.47. The largest absolute Gasteiger partial charge is 0.492 e. The van der Waals surface area contributed by atoms with Crippen molar-refractivity contribution < 1.29 is 37.7 Å². The zero-order valence-corrected chi connectivity index (χ0v) is 22.3. The fourth-order valence-electron chi connectivity index (χ4n) is 5.18. The topological polar surface area (TPSA) is 112 Å². The first-order valence-corrected chi connectivity index (χ1v) is 13.9. The molecule has 2 heterocycles. The summed E-state index contributed by atoms with van der Waals surface area (Å²) in [5.41, 5.74) is 0.615. The van der Waals surface area contributed by atoms with Crippen molar-refractivity contribution in [3.05, 3.63) is 59.6 Å². The quantitative estimate of drug-likeness (QED) is 0.467. The molecular formula is C26H31FN3O7P. The van der Waals surface area contributed by atoms with Gasteiger partial charge in [0.25, 0.3) is 0 Å². The van der Waals surface area contributed by atoms with E-state index in [0.717, 1.165) is 12.8 Å². The van der Waals surface area contributed by atoms with Crippen molar-refractivity contribution >= 4 is 25.1 Å². The van der Waals surface area contributed by atoms with Crippen LogP contribution in [0.25, 0.3) is 0 Å². The number of aliphatic hydroxyl groups is 1. The van der Waals surface area contributed by atoms with Gasteiger partial charge in [0, 0.05) is 50.6 Å². The van der Waals surface area contributed by atoms with Gasteiger partial charge in [-0.3, -0.25) is 4.52 Å². The number of aliphatic carboxylic acids is 1. The number of benzene rings is 2. The minimum atomic E-state index is -3.68. The van der Waals surface area contributed by atoms with Crippen LogP contribution >= 0.6 is 7.75 Å². The monoisotopic (exact) mass is 547 g/mol. The minimum absolute atomic E-state index is 0.0429. The number of methoxy groups -OCH3 is 1. The second kappa shape index (κ2) is 10.2. The number of piperazine rings is 1. The molecule has 5 rings (SSSR count). The summed E-state index contributed by atoms with van der Waals surface area (Å²) in [6.45, 7) is 2.71. The van der Waals surface area contributed by atoms with Gasteiger partial charge in [-0.25, -0.2) is 13.8 Å². The van der Waals surface area contributed by atoms with Crippen LogP contribution < -0.4 is 19.1 Å². The molecule has 0 radical (unpaired) electrons. The van der Waals surface area contributed by atoms with E-state index >= 15 is 4.39 Å². The van der Waals surface area contributed by atoms with Crippen LogP contribution in [0.1, 0.15) is 31.4 Å². The molecule has 0 spiro atoms. The fourth-order valence-corrected chi connectivity index (χ4v) is 6.84. The number of anilines is 2. The number of nitrogens with zero attached hydrogens (tertiary/aromatic N) is 3. The van der Waals surface area contributed by atoms with Gasteiger partial charge in [0.05, 0.1) is 18.4 Å². The second-order valence-corrected chi connectivity index (χ2v) is 11.6. The molecule has 2 aromatic rings. The number of carboxylic acid groups (broad SMARTS) is 1. The lowest BCUT2D eigenvalue weighted by molar-refractivity contribution is -0.133. The zero-order valence-electron chi connectivity index (χ0n) is 21.4. The fraction of sp³-hybridized carbons (Fsp3) is 0.423. The van der Waals surface area contributed by atoms with Crippen molar-refractivity contribution in [2.45, 2.75) is 38.0 Å². The summed E-state index contributed by atoms with van der Waals surface area (Å²) in [5, 5.41) is 20.4. The van der Waals surface area contributed by atoms with Crippen molar-refractivity contribution in [2.75, 3.05) is 43.7 Å². The van der Waals surface area contributed by atoms with Crippen LogP contribution in [-0.2, 0) is 13.9 Å². The number of para-hydroxylation sites is 1. The Bertz CT molecular complexity index is 1300. The predicted octanol–water partition coefficient (Wildman–Crippen LogP) is 4.16. The molecule has 2 aliphatic heterocycles. The number of ether oxygens (including phenoxy) is 1. The second-order valence-electron chi connectivity index (χ2n) is 9.62. The Labute approximate surface area is 220 Å². The standard InChI is InChI=1S/C26H31FN3O7P/c1-16-14-28(11-12-30(16)38(34,36-3)37-18-7-5-4-6-8-18)23-21(27)13-19-22(25(23)35-2)29(17-9-10-17)15-20(24(19)31)26(32)33/h4-8,13,15-17,24,31H,9-12,14H2,1-3H3,(H,32,33). The van der Waals surface area contributed by atoms with E-state index in [4.69, 9.17) is 13.8 Å². The Morgan fingerprint density at radius 2 is 1.84 bits per heavy atom. The number of aliphatic hydroxyl groups excluding tert-OH is 1. The van der Waals surface area contributed by atoms with Crippen molar-refractivity contribution in [2.24, 2.45) is 0 Å². The van der Waals surface area contributed by atoms with E-state index in [1.165, 1.54) is 26.5 Å². The maximum Gasteiger partial charge on any atom is 0.461 e. The van der Waals surface area contributed by atoms with E-state index in [-0.39, 0.29) is 41.2 Å². The van der Waals surface area contributed by atoms with Gasteiger partial charge in [-0.1, -0.05) is 18.2 Å². The van der Waals surface area contributed by atoms with Gasteiger partial charge in [0.15, 0.2) is 11.6 Å². The summed E-state index contributed by atoms with van der Waals surface area (Å²) in [6.07, 6.45) is 1.62. The summed E-state index contributed by atoms with van der Waals surface area (Å²) in [5.74, 6) is -1.26. The molecule has 0 amide bonds. The maximum absolute atomic E-state index is 15.7. The van der Waals surface area contributed by atoms with Gasteiger partial charge >= 0.3 is 13.7 Å². The number of carbonyl (C=O) groups is 1. The minimum Gasteiger partial charge on any atom is -0.492 e. The van der Waals surface area contributed by atoms with Crippen molar-refractivity contribution in [3.63, 3.8) is 0 Å². The van der Waals surface area contributed by atoms with Crippen LogP contribution in [0.4, 0.5) is 15.8 Å². The number of carboxylic acids is 1. The molecule has 38 heavy (non-hydrogen) atoms. The average Bonchev–Trinajstić information content (AvgIpc) is 3.74. The lowest BCUT2D eigenvalue weighted by Crippen LogP contribution is -2.51. The van der Waals surface area contributed by atoms with Crippen molar-refractivity contribution in [1.29, 1.82) is 0 Å². The predicted molar refractivity (Wildman–Crippen MR) is 139 cm³/mol. The van der Waals surface area contributed by atoms with Crippen LogP contribution in [-0.4, -0.2) is 66.8 Å². The number of fused-ring (bicyclic) bond motifs is 1. The summed E-state index contributed by atoms with van der Waals surface area (Å²) in [4.78, 5) is 15.4. The highest BCUT2D eigenvalue weighted by atomic mass is 31.2. The van der Waals surface area contributed by atoms with Gasteiger partial charge in [-0.05, 0) is 38.0 Å². The molecule has 2 aromatic carbocycles. The first kappa shape index (κ1) is 26.5. The van der Waals surface area contributed by atoms with Crippen LogP contribution in [0.15, 0.2) is 48.2 Å². The molecule has 10 nitrogen and oxygen atoms in total. The van der Waals surface area contributed by atoms with Gasteiger partial charge in [0.2, 0.25) is 0 Å². The smallest absolute Gasteiger partial charge is 0.461 e. The third-order valence-electron chi connectivity index (χ3n) is 7.15. The van der Waals surface area contributed by atoms with Gasteiger partial charge in [-0.15, -0.1) is 0 Å². The lowest BCUT2D eigenvalue weighted by atomic mass is 9.94. The van der Waals surface area contributed by atoms with Crippen LogP contribution in [0.3, 0.4) is 0 Å². The summed E-state index contributed by atoms with van der Waals surface area (Å²) >= 11 is 0. The molecule has 204 valence electrons. The highest BCUT2D eigenvalue weighted by Crippen LogP contribution is 2.55. The summed E-state index contributed by atoms with van der Waals surface area (Å²) in [7, 11) is -0.915. The highest BCUT2D eigenvalue weighted by Gasteiger charge is 2.44. The molecule has 3 aliphatic rings. The lowest BCUT2D eigenvalue weighted by Gasteiger charge is -2.43. The van der Waals surface area contributed by atoms with E-state index in [9.17, 15) is 19.6 Å². The molecular weight excluding hydrogens is 516 g/mol. The van der Waals surface area contributed by atoms with E-state index in [0.29, 0.717) is 24.5 Å². The van der Waals surface area contributed by atoms with Crippen molar-refractivity contribution in [1.82, 2.24) is 4.67 Å². The van der Waals surface area contributed by atoms with E-state index in [1.54, 1.807) is 33.8 Å². The Morgan fingerprint density at radius 1 is 1.13 bits per heavy atom. The SMILES string of the molecule is COc1c(N2CCN(P(=O)(OC)Oc3ccccc3)C(C)C2)c(F)cc2c1N(C1CC1)C=C(C(=O)O)C2O. The number of hydrogen-bond donors (Lipinski definition) is 2. The van der Waals surface area contributed by atoms with Crippen molar-refractivity contribution in [3.8, 4) is 11.5 Å². The third kappa shape index (κ3) is 4.64. The molecule has 1 saturated carbocycles. The zero-order chi connectivity index (χ0) is 27.2. The number of hydrogen-bond acceptors (Lipinski definition) is 8.